The molecule has 3 heteroatoms. The molecular formula is C22H24N2O. The number of hydrogen-bond donors (Lipinski definition) is 2. The second-order valence-corrected chi connectivity index (χ2v) is 6.65. The summed E-state index contributed by atoms with van der Waals surface area (Å²) < 4.78 is 5.97. The van der Waals surface area contributed by atoms with Crippen LogP contribution in [0.1, 0.15) is 43.0 Å². The number of rotatable bonds is 5. The third kappa shape index (κ3) is 3.08. The molecule has 1 saturated carbocycles. The van der Waals surface area contributed by atoms with Crippen molar-refractivity contribution >= 4 is 28.6 Å². The van der Waals surface area contributed by atoms with E-state index in [1.54, 1.807) is 0 Å². The molecular weight excluding hydrogens is 308 g/mol. The molecule has 1 aromatic carbocycles. The normalized spacial score (nSPS) is 20.5. The Labute approximate surface area is 148 Å². The van der Waals surface area contributed by atoms with Crippen LogP contribution in [-0.2, 0) is 4.74 Å². The van der Waals surface area contributed by atoms with Crippen LogP contribution in [0.3, 0.4) is 0 Å². The summed E-state index contributed by atoms with van der Waals surface area (Å²) in [6, 6.07) is 6.52. The highest BCUT2D eigenvalue weighted by molar-refractivity contribution is 5.95. The Kier molecular flexibility index (Phi) is 4.33. The van der Waals surface area contributed by atoms with Crippen molar-refractivity contribution in [3.8, 4) is 0 Å². The highest BCUT2D eigenvalue weighted by Gasteiger charge is 2.22. The molecule has 0 amide bonds. The van der Waals surface area contributed by atoms with Gasteiger partial charge in [-0.05, 0) is 55.5 Å². The third-order valence-electron chi connectivity index (χ3n) is 4.98. The van der Waals surface area contributed by atoms with Gasteiger partial charge in [0, 0.05) is 28.4 Å². The van der Waals surface area contributed by atoms with Crippen molar-refractivity contribution in [1.82, 2.24) is 10.3 Å². The number of aromatic nitrogens is 1. The number of benzene rings is 1. The molecule has 1 fully saturated rings. The van der Waals surface area contributed by atoms with Gasteiger partial charge in [-0.25, -0.2) is 0 Å². The zero-order valence-electron chi connectivity index (χ0n) is 14.6. The molecule has 128 valence electrons. The molecule has 25 heavy (non-hydrogen) atoms. The molecule has 1 atom stereocenters. The second kappa shape index (κ2) is 6.77. The number of dihydropyridines is 1. The van der Waals surface area contributed by atoms with Crippen molar-refractivity contribution in [2.45, 2.75) is 38.5 Å². The zero-order valence-corrected chi connectivity index (χ0v) is 14.6. The van der Waals surface area contributed by atoms with Crippen molar-refractivity contribution in [2.24, 2.45) is 0 Å². The first-order chi connectivity index (χ1) is 12.3. The number of ether oxygens (including phenoxy) is 1. The fourth-order valence-electron chi connectivity index (χ4n) is 3.38. The molecule has 1 aromatic heterocycles. The minimum Gasteiger partial charge on any atom is -0.362 e. The van der Waals surface area contributed by atoms with Gasteiger partial charge in [0.25, 0.3) is 0 Å². The molecule has 1 unspecified atom stereocenters. The van der Waals surface area contributed by atoms with E-state index in [4.69, 9.17) is 4.74 Å². The average molecular weight is 332 g/mol. The topological polar surface area (TPSA) is 37.0 Å². The molecule has 0 saturated heterocycles. The van der Waals surface area contributed by atoms with Crippen LogP contribution in [-0.4, -0.2) is 17.3 Å². The Hall–Kier alpha value is -2.52. The predicted octanol–water partition coefficient (Wildman–Crippen LogP) is 5.24. The molecule has 1 aliphatic carbocycles. The first kappa shape index (κ1) is 16.0. The van der Waals surface area contributed by atoms with E-state index in [9.17, 15) is 0 Å². The van der Waals surface area contributed by atoms with E-state index < -0.39 is 0 Å². The monoisotopic (exact) mass is 332 g/mol. The highest BCUT2D eigenvalue weighted by atomic mass is 16.5. The van der Waals surface area contributed by atoms with Crippen molar-refractivity contribution < 1.29 is 4.74 Å². The minimum absolute atomic E-state index is 0.00284. The number of aromatic amines is 1. The number of fused-ring (bicyclic) bond motifs is 1. The fourth-order valence-corrected chi connectivity index (χ4v) is 3.38. The van der Waals surface area contributed by atoms with E-state index >= 15 is 0 Å². The van der Waals surface area contributed by atoms with E-state index in [0.29, 0.717) is 6.10 Å². The smallest absolute Gasteiger partial charge is 0.147 e. The lowest BCUT2D eigenvalue weighted by atomic mass is 9.96. The summed E-state index contributed by atoms with van der Waals surface area (Å²) in [6.45, 7) is 5.97. The summed E-state index contributed by atoms with van der Waals surface area (Å²) in [4.78, 5) is 3.49. The summed E-state index contributed by atoms with van der Waals surface area (Å²) >= 11 is 0. The van der Waals surface area contributed by atoms with Crippen LogP contribution in [0.15, 0.2) is 49.2 Å². The molecule has 3 nitrogen and oxygen atoms in total. The summed E-state index contributed by atoms with van der Waals surface area (Å²) in [5.41, 5.74) is 5.73. The van der Waals surface area contributed by atoms with Gasteiger partial charge in [-0.3, -0.25) is 0 Å². The third-order valence-corrected chi connectivity index (χ3v) is 4.98. The predicted molar refractivity (Wildman–Crippen MR) is 106 cm³/mol. The summed E-state index contributed by atoms with van der Waals surface area (Å²) in [6.07, 6.45) is 16.4. The Balaban J connectivity index is 1.57. The number of allylic oxidation sites excluding steroid dienone is 3. The van der Waals surface area contributed by atoms with Crippen molar-refractivity contribution in [3.63, 3.8) is 0 Å². The van der Waals surface area contributed by atoms with Gasteiger partial charge in [0.2, 0.25) is 0 Å². The van der Waals surface area contributed by atoms with Gasteiger partial charge in [-0.2, -0.15) is 0 Å². The van der Waals surface area contributed by atoms with Crippen LogP contribution in [0.5, 0.6) is 0 Å². The first-order valence-corrected chi connectivity index (χ1v) is 8.99. The van der Waals surface area contributed by atoms with Gasteiger partial charge in [-0.1, -0.05) is 36.9 Å². The molecule has 0 bridgehead atoms. The number of hydrogen-bond acceptors (Lipinski definition) is 2. The highest BCUT2D eigenvalue weighted by Crippen LogP contribution is 2.29. The van der Waals surface area contributed by atoms with Gasteiger partial charge in [0.1, 0.15) is 6.23 Å². The maximum Gasteiger partial charge on any atom is 0.147 e. The number of nitrogens with one attached hydrogen (secondary N) is 2. The van der Waals surface area contributed by atoms with Gasteiger partial charge in [-0.15, -0.1) is 0 Å². The Morgan fingerprint density at radius 2 is 2.16 bits per heavy atom. The molecule has 1 aliphatic heterocycles. The van der Waals surface area contributed by atoms with E-state index in [-0.39, 0.29) is 6.23 Å². The lowest BCUT2D eigenvalue weighted by Crippen LogP contribution is -2.35. The van der Waals surface area contributed by atoms with E-state index in [0.717, 1.165) is 22.3 Å². The molecule has 2 N–H and O–H groups in total. The standard InChI is InChI=1S/C22H24N2O/c1-3-6-20-18(4-2)19-11-9-15(13-21(19)24-20)16-10-12-22(23-14-16)25-17-7-5-8-17/h3-4,6,9-14,17,22-24H,2,5,7-8H2,1H3/b6-3-. The van der Waals surface area contributed by atoms with Crippen molar-refractivity contribution in [2.75, 3.05) is 0 Å². The maximum atomic E-state index is 5.97. The Bertz CT molecular complexity index is 881. The zero-order chi connectivity index (χ0) is 17.2. The van der Waals surface area contributed by atoms with Crippen LogP contribution in [0.2, 0.25) is 0 Å². The van der Waals surface area contributed by atoms with Crippen LogP contribution < -0.4 is 5.32 Å². The summed E-state index contributed by atoms with van der Waals surface area (Å²) in [5.74, 6) is 0. The Morgan fingerprint density at radius 3 is 2.80 bits per heavy atom. The SMILES string of the molecule is C=Cc1c(/C=C\C)[nH]c2cc(C3=CNC(OC4CCC4)C=C3)ccc12. The average Bonchev–Trinajstić information content (AvgIpc) is 2.95. The quantitative estimate of drug-likeness (QED) is 0.785. The molecule has 2 aliphatic rings. The molecule has 0 radical (unpaired) electrons. The van der Waals surface area contributed by atoms with Gasteiger partial charge < -0.3 is 15.0 Å². The molecule has 4 rings (SSSR count). The van der Waals surface area contributed by atoms with Gasteiger partial charge in [0.15, 0.2) is 0 Å². The van der Waals surface area contributed by atoms with E-state index in [2.05, 4.69) is 59.5 Å². The number of H-pyrrole nitrogens is 1. The summed E-state index contributed by atoms with van der Waals surface area (Å²) in [5, 5.41) is 4.55. The summed E-state index contributed by atoms with van der Waals surface area (Å²) in [7, 11) is 0. The van der Waals surface area contributed by atoms with Crippen LogP contribution in [0.25, 0.3) is 28.6 Å². The van der Waals surface area contributed by atoms with E-state index in [1.807, 2.05) is 19.1 Å². The van der Waals surface area contributed by atoms with Gasteiger partial charge >= 0.3 is 0 Å². The maximum absolute atomic E-state index is 5.97. The lowest BCUT2D eigenvalue weighted by molar-refractivity contribution is -0.0387. The lowest BCUT2D eigenvalue weighted by Gasteiger charge is -2.30. The molecule has 0 spiro atoms. The van der Waals surface area contributed by atoms with Crippen molar-refractivity contribution in [1.29, 1.82) is 0 Å². The van der Waals surface area contributed by atoms with Crippen molar-refractivity contribution in [3.05, 3.63) is 66.0 Å². The van der Waals surface area contributed by atoms with Gasteiger partial charge in [0.05, 0.1) is 6.10 Å². The van der Waals surface area contributed by atoms with Crippen LogP contribution >= 0.6 is 0 Å². The van der Waals surface area contributed by atoms with Crippen LogP contribution in [0.4, 0.5) is 0 Å². The Morgan fingerprint density at radius 1 is 1.28 bits per heavy atom. The fraction of sp³-hybridized carbons (Fsp3) is 0.273. The molecule has 2 heterocycles. The van der Waals surface area contributed by atoms with E-state index in [1.165, 1.54) is 30.2 Å². The van der Waals surface area contributed by atoms with Crippen LogP contribution in [0, 0.1) is 0 Å². The minimum atomic E-state index is -0.00284. The largest absolute Gasteiger partial charge is 0.362 e. The first-order valence-electron chi connectivity index (χ1n) is 8.99. The molecule has 2 aromatic rings. The second-order valence-electron chi connectivity index (χ2n) is 6.65.